The molecule has 1 rings (SSSR count). The van der Waals surface area contributed by atoms with Crippen LogP contribution in [0.4, 0.5) is 5.69 Å². The Hall–Kier alpha value is -1.75. The molecule has 0 radical (unpaired) electrons. The normalized spacial score (nSPS) is 9.47. The molecule has 0 bridgehead atoms. The molecule has 5 nitrogen and oxygen atoms in total. The van der Waals surface area contributed by atoms with Crippen LogP contribution in [-0.2, 0) is 9.63 Å². The van der Waals surface area contributed by atoms with Crippen LogP contribution in [0.1, 0.15) is 6.92 Å². The number of nitrogens with zero attached hydrogens (tertiary/aromatic N) is 1. The van der Waals surface area contributed by atoms with Gasteiger partial charge in [0.1, 0.15) is 0 Å². The van der Waals surface area contributed by atoms with Crippen LogP contribution in [0.2, 0.25) is 5.02 Å². The third kappa shape index (κ3) is 3.14. The van der Waals surface area contributed by atoms with E-state index < -0.39 is 5.97 Å². The number of carbonyl (C=O) groups excluding carboxylic acids is 1. The average Bonchev–Trinajstić information content (AvgIpc) is 2.15. The molecule has 0 aliphatic rings. The summed E-state index contributed by atoms with van der Waals surface area (Å²) >= 11 is 5.69. The lowest BCUT2D eigenvalue weighted by Crippen LogP contribution is -2.37. The first-order valence-corrected chi connectivity index (χ1v) is 4.47. The number of carbonyl (C=O) groups is 1. The van der Waals surface area contributed by atoms with Crippen molar-refractivity contribution < 1.29 is 9.63 Å². The molecule has 0 spiro atoms. The van der Waals surface area contributed by atoms with Gasteiger partial charge in [-0.1, -0.05) is 11.6 Å². The van der Waals surface area contributed by atoms with E-state index in [1.54, 1.807) is 24.3 Å². The van der Waals surface area contributed by atoms with E-state index in [4.69, 9.17) is 27.6 Å². The van der Waals surface area contributed by atoms with Gasteiger partial charge in [0.15, 0.2) is 0 Å². The lowest BCUT2D eigenvalue weighted by molar-refractivity contribution is -0.140. The highest BCUT2D eigenvalue weighted by molar-refractivity contribution is 6.30. The summed E-state index contributed by atoms with van der Waals surface area (Å²) in [5.74, 6) is -0.937. The molecule has 0 saturated heterocycles. The van der Waals surface area contributed by atoms with Gasteiger partial charge in [-0.3, -0.25) is 5.41 Å². The number of hydrogen-bond donors (Lipinski definition) is 2. The van der Waals surface area contributed by atoms with E-state index in [0.29, 0.717) is 10.7 Å². The topological polar surface area (TPSA) is 79.4 Å². The second-order valence-corrected chi connectivity index (χ2v) is 3.18. The minimum Gasteiger partial charge on any atom is -0.367 e. The molecule has 0 aliphatic heterocycles. The summed E-state index contributed by atoms with van der Waals surface area (Å²) in [5.41, 5.74) is 5.71. The zero-order valence-electron chi connectivity index (χ0n) is 8.03. The van der Waals surface area contributed by atoms with Crippen molar-refractivity contribution in [1.29, 1.82) is 5.41 Å². The molecule has 0 fully saturated rings. The summed E-state index contributed by atoms with van der Waals surface area (Å²) in [7, 11) is 0. The van der Waals surface area contributed by atoms with Crippen LogP contribution >= 0.6 is 11.6 Å². The van der Waals surface area contributed by atoms with Crippen molar-refractivity contribution in [1.82, 2.24) is 0 Å². The molecule has 6 heteroatoms. The van der Waals surface area contributed by atoms with E-state index in [1.807, 2.05) is 0 Å². The SMILES string of the molecule is CC(=O)ON(C(=N)N)c1ccc(Cl)cc1. The molecule has 0 aliphatic carbocycles. The van der Waals surface area contributed by atoms with Crippen LogP contribution in [0.3, 0.4) is 0 Å². The lowest BCUT2D eigenvalue weighted by Gasteiger charge is -2.19. The van der Waals surface area contributed by atoms with Crippen LogP contribution in [0, 0.1) is 5.41 Å². The van der Waals surface area contributed by atoms with Gasteiger partial charge in [-0.15, -0.1) is 5.06 Å². The van der Waals surface area contributed by atoms with Crippen LogP contribution in [0.5, 0.6) is 0 Å². The number of anilines is 1. The van der Waals surface area contributed by atoms with Crippen molar-refractivity contribution in [2.24, 2.45) is 5.73 Å². The number of nitrogens with two attached hydrogens (primary N) is 1. The molecule has 1 aromatic carbocycles. The molecular weight excluding hydrogens is 218 g/mol. The van der Waals surface area contributed by atoms with Gasteiger partial charge in [0, 0.05) is 11.9 Å². The summed E-state index contributed by atoms with van der Waals surface area (Å²) in [4.78, 5) is 15.5. The fourth-order valence-corrected chi connectivity index (χ4v) is 1.07. The van der Waals surface area contributed by atoms with Crippen LogP contribution in [0.15, 0.2) is 24.3 Å². The van der Waals surface area contributed by atoms with E-state index in [-0.39, 0.29) is 5.96 Å². The van der Waals surface area contributed by atoms with E-state index in [0.717, 1.165) is 5.06 Å². The number of hydrogen-bond acceptors (Lipinski definition) is 3. The maximum atomic E-state index is 10.8. The first-order chi connectivity index (χ1) is 7.00. The van der Waals surface area contributed by atoms with Crippen molar-refractivity contribution in [3.63, 3.8) is 0 Å². The van der Waals surface area contributed by atoms with Gasteiger partial charge < -0.3 is 10.6 Å². The predicted molar refractivity (Wildman–Crippen MR) is 57.6 cm³/mol. The van der Waals surface area contributed by atoms with Gasteiger partial charge in [-0.05, 0) is 24.3 Å². The molecular formula is C9H10ClN3O2. The monoisotopic (exact) mass is 227 g/mol. The number of benzene rings is 1. The van der Waals surface area contributed by atoms with Crippen molar-refractivity contribution >= 4 is 29.2 Å². The fraction of sp³-hybridized carbons (Fsp3) is 0.111. The van der Waals surface area contributed by atoms with Gasteiger partial charge in [0.05, 0.1) is 5.69 Å². The summed E-state index contributed by atoms with van der Waals surface area (Å²) < 4.78 is 0. The lowest BCUT2D eigenvalue weighted by atomic mass is 10.3. The first kappa shape index (κ1) is 11.3. The maximum absolute atomic E-state index is 10.8. The van der Waals surface area contributed by atoms with E-state index >= 15 is 0 Å². The molecule has 80 valence electrons. The molecule has 0 amide bonds. The van der Waals surface area contributed by atoms with Crippen LogP contribution in [-0.4, -0.2) is 11.9 Å². The van der Waals surface area contributed by atoms with Crippen molar-refractivity contribution in [2.45, 2.75) is 6.92 Å². The predicted octanol–water partition coefficient (Wildman–Crippen LogP) is 1.52. The maximum Gasteiger partial charge on any atom is 0.330 e. The Morgan fingerprint density at radius 3 is 2.40 bits per heavy atom. The Kier molecular flexibility index (Phi) is 3.51. The number of nitrogens with one attached hydrogen (secondary N) is 1. The van der Waals surface area contributed by atoms with Crippen LogP contribution in [0.25, 0.3) is 0 Å². The Labute approximate surface area is 91.8 Å². The van der Waals surface area contributed by atoms with Gasteiger partial charge in [0.25, 0.3) is 0 Å². The highest BCUT2D eigenvalue weighted by Gasteiger charge is 2.12. The highest BCUT2D eigenvalue weighted by atomic mass is 35.5. The smallest absolute Gasteiger partial charge is 0.330 e. The Balaban J connectivity index is 2.94. The highest BCUT2D eigenvalue weighted by Crippen LogP contribution is 2.17. The minimum absolute atomic E-state index is 0.382. The fourth-order valence-electron chi connectivity index (χ4n) is 0.946. The van der Waals surface area contributed by atoms with E-state index in [9.17, 15) is 4.79 Å². The average molecular weight is 228 g/mol. The summed E-state index contributed by atoms with van der Waals surface area (Å²) in [6, 6.07) is 6.39. The van der Waals surface area contributed by atoms with E-state index in [2.05, 4.69) is 0 Å². The van der Waals surface area contributed by atoms with Crippen molar-refractivity contribution in [2.75, 3.05) is 5.06 Å². The van der Waals surface area contributed by atoms with Gasteiger partial charge >= 0.3 is 5.97 Å². The molecule has 0 aromatic heterocycles. The second kappa shape index (κ2) is 4.65. The standard InChI is InChI=1S/C9H10ClN3O2/c1-6(14)15-13(9(11)12)8-4-2-7(10)3-5-8/h2-5H,1H3,(H3,11,12). The molecule has 0 atom stereocenters. The van der Waals surface area contributed by atoms with E-state index in [1.165, 1.54) is 6.92 Å². The molecule has 0 saturated carbocycles. The Morgan fingerprint density at radius 2 is 2.00 bits per heavy atom. The molecule has 15 heavy (non-hydrogen) atoms. The number of hydroxylamine groups is 1. The zero-order chi connectivity index (χ0) is 11.4. The second-order valence-electron chi connectivity index (χ2n) is 2.74. The summed E-state index contributed by atoms with van der Waals surface area (Å²) in [6.45, 7) is 1.23. The number of rotatable bonds is 1. The number of halogens is 1. The quantitative estimate of drug-likeness (QED) is 0.433. The third-order valence-electron chi connectivity index (χ3n) is 1.50. The summed E-state index contributed by atoms with van der Waals surface area (Å²) in [6.07, 6.45) is 0. The molecule has 3 N–H and O–H groups in total. The largest absolute Gasteiger partial charge is 0.367 e. The van der Waals surface area contributed by atoms with Gasteiger partial charge in [-0.2, -0.15) is 0 Å². The summed E-state index contributed by atoms with van der Waals surface area (Å²) in [5, 5.41) is 8.69. The zero-order valence-corrected chi connectivity index (χ0v) is 8.78. The van der Waals surface area contributed by atoms with Gasteiger partial charge in [-0.25, -0.2) is 4.79 Å². The Bertz CT molecular complexity index is 377. The number of guanidine groups is 1. The minimum atomic E-state index is -0.555. The van der Waals surface area contributed by atoms with Crippen molar-refractivity contribution in [3.05, 3.63) is 29.3 Å². The Morgan fingerprint density at radius 1 is 1.47 bits per heavy atom. The molecule has 0 unspecified atom stereocenters. The molecule has 0 heterocycles. The molecule has 1 aromatic rings. The van der Waals surface area contributed by atoms with Crippen LogP contribution < -0.4 is 10.8 Å². The van der Waals surface area contributed by atoms with Crippen molar-refractivity contribution in [3.8, 4) is 0 Å². The third-order valence-corrected chi connectivity index (χ3v) is 1.75. The first-order valence-electron chi connectivity index (χ1n) is 4.09. The van der Waals surface area contributed by atoms with Gasteiger partial charge in [0.2, 0.25) is 5.96 Å².